The fraction of sp³-hybridized carbons (Fsp3) is 0.333. The van der Waals surface area contributed by atoms with Gasteiger partial charge >= 0.3 is 0 Å². The number of aromatic nitrogens is 1. The van der Waals surface area contributed by atoms with Gasteiger partial charge in [0.1, 0.15) is 5.75 Å². The van der Waals surface area contributed by atoms with E-state index in [1.54, 1.807) is 12.3 Å². The predicted octanol–water partition coefficient (Wildman–Crippen LogP) is 4.52. The molecule has 0 aliphatic heterocycles. The summed E-state index contributed by atoms with van der Waals surface area (Å²) in [5.41, 5.74) is 2.46. The van der Waals surface area contributed by atoms with E-state index in [1.807, 2.05) is 30.3 Å². The highest BCUT2D eigenvalue weighted by Crippen LogP contribution is 2.21. The Labute approximate surface area is 126 Å². The molecule has 2 aromatic rings. The highest BCUT2D eigenvalue weighted by molar-refractivity contribution is 5.75. The molecule has 3 heteroatoms. The molecule has 21 heavy (non-hydrogen) atoms. The molecule has 0 unspecified atom stereocenters. The van der Waals surface area contributed by atoms with Crippen molar-refractivity contribution in [3.8, 4) is 17.0 Å². The zero-order chi connectivity index (χ0) is 14.9. The third kappa shape index (κ3) is 4.71. The Hall–Kier alpha value is -2.16. The second-order valence-corrected chi connectivity index (χ2v) is 5.03. The van der Waals surface area contributed by atoms with Crippen LogP contribution in [-0.2, 0) is 0 Å². The van der Waals surface area contributed by atoms with Crippen molar-refractivity contribution in [1.82, 2.24) is 4.98 Å². The molecule has 0 N–H and O–H groups in total. The van der Waals surface area contributed by atoms with Gasteiger partial charge in [0.05, 0.1) is 12.3 Å². The fourth-order valence-corrected chi connectivity index (χ4v) is 2.09. The average Bonchev–Trinajstić information content (AvgIpc) is 2.55. The molecule has 0 saturated heterocycles. The van der Waals surface area contributed by atoms with Crippen LogP contribution in [0, 0.1) is 0 Å². The second-order valence-electron chi connectivity index (χ2n) is 5.03. The van der Waals surface area contributed by atoms with Crippen LogP contribution >= 0.6 is 0 Å². The zero-order valence-electron chi connectivity index (χ0n) is 12.4. The SMILES string of the molecule is CCCCCCOc1ccc(-c2ccc(C=O)cn2)cc1. The summed E-state index contributed by atoms with van der Waals surface area (Å²) < 4.78 is 5.71. The number of nitrogens with zero attached hydrogens (tertiary/aromatic N) is 1. The van der Waals surface area contributed by atoms with Crippen LogP contribution in [0.5, 0.6) is 5.75 Å². The molecule has 0 radical (unpaired) electrons. The van der Waals surface area contributed by atoms with E-state index >= 15 is 0 Å². The molecule has 1 heterocycles. The van der Waals surface area contributed by atoms with Gasteiger partial charge in [-0.15, -0.1) is 0 Å². The van der Waals surface area contributed by atoms with E-state index in [4.69, 9.17) is 4.74 Å². The first-order valence-corrected chi connectivity index (χ1v) is 7.48. The molecule has 2 rings (SSSR count). The van der Waals surface area contributed by atoms with Gasteiger partial charge in [0, 0.05) is 17.3 Å². The summed E-state index contributed by atoms with van der Waals surface area (Å²) in [5, 5.41) is 0. The highest BCUT2D eigenvalue weighted by atomic mass is 16.5. The van der Waals surface area contributed by atoms with Gasteiger partial charge in [-0.1, -0.05) is 26.2 Å². The maximum atomic E-state index is 10.6. The highest BCUT2D eigenvalue weighted by Gasteiger charge is 2.00. The number of carbonyl (C=O) groups is 1. The monoisotopic (exact) mass is 283 g/mol. The van der Waals surface area contributed by atoms with Crippen LogP contribution in [0.25, 0.3) is 11.3 Å². The molecular weight excluding hydrogens is 262 g/mol. The van der Waals surface area contributed by atoms with Crippen LogP contribution in [0.3, 0.4) is 0 Å². The van der Waals surface area contributed by atoms with E-state index in [1.165, 1.54) is 19.3 Å². The molecular formula is C18H21NO2. The predicted molar refractivity (Wildman–Crippen MR) is 84.7 cm³/mol. The lowest BCUT2D eigenvalue weighted by Gasteiger charge is -2.07. The Bertz CT molecular complexity index is 546. The summed E-state index contributed by atoms with van der Waals surface area (Å²) in [7, 11) is 0. The first-order valence-electron chi connectivity index (χ1n) is 7.48. The third-order valence-corrected chi connectivity index (χ3v) is 3.34. The van der Waals surface area contributed by atoms with Gasteiger partial charge < -0.3 is 4.74 Å². The smallest absolute Gasteiger partial charge is 0.151 e. The Morgan fingerprint density at radius 3 is 2.48 bits per heavy atom. The normalized spacial score (nSPS) is 10.3. The minimum Gasteiger partial charge on any atom is -0.494 e. The first kappa shape index (κ1) is 15.2. The van der Waals surface area contributed by atoms with E-state index in [0.717, 1.165) is 36.3 Å². The van der Waals surface area contributed by atoms with E-state index in [2.05, 4.69) is 11.9 Å². The van der Waals surface area contributed by atoms with Gasteiger partial charge in [0.25, 0.3) is 0 Å². The van der Waals surface area contributed by atoms with E-state index in [-0.39, 0.29) is 0 Å². The van der Waals surface area contributed by atoms with Crippen molar-refractivity contribution in [1.29, 1.82) is 0 Å². The van der Waals surface area contributed by atoms with Gasteiger partial charge in [-0.2, -0.15) is 0 Å². The molecule has 1 aromatic carbocycles. The molecule has 0 aliphatic rings. The van der Waals surface area contributed by atoms with Gasteiger partial charge in [0.15, 0.2) is 6.29 Å². The Morgan fingerprint density at radius 2 is 1.86 bits per heavy atom. The van der Waals surface area contributed by atoms with Crippen LogP contribution in [-0.4, -0.2) is 17.9 Å². The standard InChI is InChI=1S/C18H21NO2/c1-2-3-4-5-12-21-17-9-7-16(8-10-17)18-11-6-15(14-20)13-19-18/h6-11,13-14H,2-5,12H2,1H3. The van der Waals surface area contributed by atoms with Crippen LogP contribution in [0.15, 0.2) is 42.6 Å². The van der Waals surface area contributed by atoms with Crippen molar-refractivity contribution in [2.75, 3.05) is 6.61 Å². The molecule has 0 amide bonds. The molecule has 1 aromatic heterocycles. The summed E-state index contributed by atoms with van der Waals surface area (Å²) in [5.74, 6) is 0.889. The number of carbonyl (C=O) groups excluding carboxylic acids is 1. The molecule has 3 nitrogen and oxygen atoms in total. The Balaban J connectivity index is 1.90. The topological polar surface area (TPSA) is 39.2 Å². The number of hydrogen-bond acceptors (Lipinski definition) is 3. The zero-order valence-corrected chi connectivity index (χ0v) is 12.4. The van der Waals surface area contributed by atoms with E-state index < -0.39 is 0 Å². The number of benzene rings is 1. The molecule has 0 spiro atoms. The van der Waals surface area contributed by atoms with E-state index in [9.17, 15) is 4.79 Å². The van der Waals surface area contributed by atoms with Crippen molar-refractivity contribution >= 4 is 6.29 Å². The molecule has 0 bridgehead atoms. The number of hydrogen-bond donors (Lipinski definition) is 0. The van der Waals surface area contributed by atoms with Gasteiger partial charge in [-0.3, -0.25) is 9.78 Å². The lowest BCUT2D eigenvalue weighted by atomic mass is 10.1. The molecule has 110 valence electrons. The van der Waals surface area contributed by atoms with Crippen molar-refractivity contribution in [2.45, 2.75) is 32.6 Å². The Morgan fingerprint density at radius 1 is 1.05 bits per heavy atom. The van der Waals surface area contributed by atoms with Crippen LogP contribution in [0.4, 0.5) is 0 Å². The third-order valence-electron chi connectivity index (χ3n) is 3.34. The van der Waals surface area contributed by atoms with Gasteiger partial charge in [-0.25, -0.2) is 0 Å². The molecule has 0 fully saturated rings. The van der Waals surface area contributed by atoms with Gasteiger partial charge in [-0.05, 0) is 42.8 Å². The molecule has 0 atom stereocenters. The maximum Gasteiger partial charge on any atom is 0.151 e. The first-order chi connectivity index (χ1) is 10.3. The van der Waals surface area contributed by atoms with Gasteiger partial charge in [0.2, 0.25) is 0 Å². The molecule has 0 saturated carbocycles. The summed E-state index contributed by atoms with van der Waals surface area (Å²) in [4.78, 5) is 14.9. The summed E-state index contributed by atoms with van der Waals surface area (Å²) in [6, 6.07) is 11.5. The van der Waals surface area contributed by atoms with Crippen LogP contribution in [0.2, 0.25) is 0 Å². The lowest BCUT2D eigenvalue weighted by molar-refractivity contribution is 0.112. The Kier molecular flexibility index (Phi) is 5.95. The lowest BCUT2D eigenvalue weighted by Crippen LogP contribution is -1.97. The summed E-state index contributed by atoms with van der Waals surface area (Å²) >= 11 is 0. The largest absolute Gasteiger partial charge is 0.494 e. The minimum absolute atomic E-state index is 0.589. The number of rotatable bonds is 8. The van der Waals surface area contributed by atoms with E-state index in [0.29, 0.717) is 5.56 Å². The minimum atomic E-state index is 0.589. The van der Waals surface area contributed by atoms with Crippen molar-refractivity contribution in [3.63, 3.8) is 0 Å². The second kappa shape index (κ2) is 8.20. The van der Waals surface area contributed by atoms with Crippen molar-refractivity contribution in [2.24, 2.45) is 0 Å². The quantitative estimate of drug-likeness (QED) is 0.528. The van der Waals surface area contributed by atoms with Crippen molar-refractivity contribution in [3.05, 3.63) is 48.2 Å². The summed E-state index contributed by atoms with van der Waals surface area (Å²) in [6.07, 6.45) is 7.22. The number of unbranched alkanes of at least 4 members (excludes halogenated alkanes) is 3. The maximum absolute atomic E-state index is 10.6. The fourth-order valence-electron chi connectivity index (χ4n) is 2.09. The summed E-state index contributed by atoms with van der Waals surface area (Å²) in [6.45, 7) is 2.97. The van der Waals surface area contributed by atoms with Crippen LogP contribution in [0.1, 0.15) is 43.0 Å². The number of pyridine rings is 1. The van der Waals surface area contributed by atoms with Crippen LogP contribution < -0.4 is 4.74 Å². The average molecular weight is 283 g/mol. The number of ether oxygens (including phenoxy) is 1. The molecule has 0 aliphatic carbocycles. The number of aldehydes is 1. The van der Waals surface area contributed by atoms with Crippen molar-refractivity contribution < 1.29 is 9.53 Å².